The van der Waals surface area contributed by atoms with E-state index < -0.39 is 22.6 Å². The highest BCUT2D eigenvalue weighted by molar-refractivity contribution is 6.45. The van der Waals surface area contributed by atoms with Gasteiger partial charge >= 0.3 is 0 Å². The van der Waals surface area contributed by atoms with Gasteiger partial charge in [0.25, 0.3) is 0 Å². The van der Waals surface area contributed by atoms with Gasteiger partial charge in [0.1, 0.15) is 35.7 Å². The van der Waals surface area contributed by atoms with Crippen LogP contribution in [0.2, 0.25) is 0 Å². The van der Waals surface area contributed by atoms with Crippen LogP contribution >= 0.6 is 23.2 Å². The van der Waals surface area contributed by atoms with Crippen LogP contribution in [-0.4, -0.2) is 62.5 Å². The molecule has 0 aliphatic heterocycles. The largest absolute Gasteiger partial charge is 0.491 e. The second kappa shape index (κ2) is 19.1. The molecule has 10 heteroatoms. The molecule has 0 aromatic heterocycles. The lowest BCUT2D eigenvalue weighted by Gasteiger charge is -2.32. The van der Waals surface area contributed by atoms with Crippen molar-refractivity contribution in [2.75, 3.05) is 49.7 Å². The van der Waals surface area contributed by atoms with Crippen molar-refractivity contribution in [3.63, 3.8) is 0 Å². The van der Waals surface area contributed by atoms with E-state index in [1.54, 1.807) is 0 Å². The number of aryl methyl sites for hydroxylation is 2. The van der Waals surface area contributed by atoms with Crippen molar-refractivity contribution >= 4 is 46.4 Å². The number of carbonyl (C=O) groups excluding carboxylic acids is 2. The summed E-state index contributed by atoms with van der Waals surface area (Å²) in [5.41, 5.74) is 2.76. The summed E-state index contributed by atoms with van der Waals surface area (Å²) in [5.74, 6) is 0.456. The molecule has 0 fully saturated rings. The maximum absolute atomic E-state index is 14.1. The van der Waals surface area contributed by atoms with Crippen molar-refractivity contribution in [2.45, 2.75) is 79.0 Å². The third-order valence-electron chi connectivity index (χ3n) is 6.60. The lowest BCUT2D eigenvalue weighted by atomic mass is 10.1. The molecule has 44 heavy (non-hydrogen) atoms. The van der Waals surface area contributed by atoms with E-state index in [1.807, 2.05) is 77.9 Å². The fourth-order valence-electron chi connectivity index (χ4n) is 4.39. The van der Waals surface area contributed by atoms with Gasteiger partial charge in [-0.2, -0.15) is 0 Å². The number of halogens is 2. The second-order valence-electron chi connectivity index (χ2n) is 11.4. The predicted octanol–water partition coefficient (Wildman–Crippen LogP) is 7.59. The maximum atomic E-state index is 14.1. The number of para-hydroxylation sites is 2. The Balaban J connectivity index is 2.52. The van der Waals surface area contributed by atoms with Gasteiger partial charge in [0.2, 0.25) is 11.8 Å². The zero-order valence-electron chi connectivity index (χ0n) is 27.5. The number of ether oxygens (including phenoxy) is 4. The van der Waals surface area contributed by atoms with Gasteiger partial charge in [-0.15, -0.1) is 23.2 Å². The Morgan fingerprint density at radius 2 is 1.25 bits per heavy atom. The molecule has 2 atom stereocenters. The molecule has 246 valence electrons. The number of amides is 2. The Hall–Kier alpha value is -2.52. The van der Waals surface area contributed by atoms with Crippen molar-refractivity contribution in [3.8, 4) is 11.5 Å². The standard InChI is InChI=1S/C34H50Cl2N2O6/c1-9-18-42-22-37(31-25(8)14-12-16-27(31)43-19-23(4)5)33(39)29(35)30(36)34(40)38(21-41-11-3)32-26(10-2)15-13-17-28(32)44-20-24(6)7/h12-17,23-24,29-30H,9-11,18-22H2,1-8H3. The van der Waals surface area contributed by atoms with Gasteiger partial charge in [0, 0.05) is 13.2 Å². The molecule has 0 spiro atoms. The van der Waals surface area contributed by atoms with E-state index in [0.29, 0.717) is 55.7 Å². The van der Waals surface area contributed by atoms with Crippen LogP contribution in [0, 0.1) is 18.8 Å². The van der Waals surface area contributed by atoms with Gasteiger partial charge in [-0.05, 0) is 61.8 Å². The summed E-state index contributed by atoms with van der Waals surface area (Å²) in [6, 6.07) is 11.2. The first-order chi connectivity index (χ1) is 21.0. The van der Waals surface area contributed by atoms with Crippen LogP contribution in [0.15, 0.2) is 36.4 Å². The first-order valence-electron chi connectivity index (χ1n) is 15.5. The lowest BCUT2D eigenvalue weighted by molar-refractivity contribution is -0.124. The first-order valence-corrected chi connectivity index (χ1v) is 16.4. The van der Waals surface area contributed by atoms with E-state index in [2.05, 4.69) is 13.8 Å². The molecule has 0 N–H and O–H groups in total. The smallest absolute Gasteiger partial charge is 0.249 e. The molecule has 8 nitrogen and oxygen atoms in total. The summed E-state index contributed by atoms with van der Waals surface area (Å²) < 4.78 is 23.8. The average molecular weight is 654 g/mol. The molecular weight excluding hydrogens is 603 g/mol. The predicted molar refractivity (Wildman–Crippen MR) is 180 cm³/mol. The minimum Gasteiger partial charge on any atom is -0.491 e. The van der Waals surface area contributed by atoms with E-state index in [1.165, 1.54) is 9.80 Å². The van der Waals surface area contributed by atoms with Gasteiger partial charge in [-0.3, -0.25) is 19.4 Å². The summed E-state index contributed by atoms with van der Waals surface area (Å²) in [4.78, 5) is 31.1. The number of hydrogen-bond donors (Lipinski definition) is 0. The Bertz CT molecular complexity index is 1190. The second-order valence-corrected chi connectivity index (χ2v) is 12.4. The summed E-state index contributed by atoms with van der Waals surface area (Å²) >= 11 is 13.6. The summed E-state index contributed by atoms with van der Waals surface area (Å²) in [7, 11) is 0. The van der Waals surface area contributed by atoms with E-state index >= 15 is 0 Å². The third kappa shape index (κ3) is 10.5. The topological polar surface area (TPSA) is 77.5 Å². The highest BCUT2D eigenvalue weighted by atomic mass is 35.5. The molecule has 0 heterocycles. The molecular formula is C34H50Cl2N2O6. The summed E-state index contributed by atoms with van der Waals surface area (Å²) in [6.07, 6.45) is 1.40. The molecule has 0 saturated carbocycles. The van der Waals surface area contributed by atoms with Gasteiger partial charge in [0.05, 0.1) is 24.6 Å². The molecule has 2 amide bonds. The molecule has 0 aliphatic rings. The van der Waals surface area contributed by atoms with Crippen molar-refractivity contribution in [1.82, 2.24) is 0 Å². The molecule has 2 aromatic carbocycles. The van der Waals surface area contributed by atoms with Crippen LogP contribution < -0.4 is 19.3 Å². The van der Waals surface area contributed by atoms with Crippen molar-refractivity contribution in [1.29, 1.82) is 0 Å². The number of hydrogen-bond acceptors (Lipinski definition) is 6. The number of benzene rings is 2. The Kier molecular flexibility index (Phi) is 16.3. The Labute approximate surface area is 273 Å². The summed E-state index contributed by atoms with van der Waals surface area (Å²) in [5, 5.41) is -2.85. The van der Waals surface area contributed by atoms with Crippen LogP contribution in [0.5, 0.6) is 11.5 Å². The highest BCUT2D eigenvalue weighted by Gasteiger charge is 2.39. The zero-order valence-corrected chi connectivity index (χ0v) is 29.0. The first kappa shape index (κ1) is 37.7. The minimum absolute atomic E-state index is 0.0783. The normalized spacial score (nSPS) is 12.7. The minimum atomic E-state index is -1.43. The lowest BCUT2D eigenvalue weighted by Crippen LogP contribution is -2.49. The molecule has 0 saturated heterocycles. The molecule has 0 radical (unpaired) electrons. The van der Waals surface area contributed by atoms with E-state index in [9.17, 15) is 9.59 Å². The van der Waals surface area contributed by atoms with Crippen LogP contribution in [0.25, 0.3) is 0 Å². The van der Waals surface area contributed by atoms with Gasteiger partial charge in [-0.1, -0.05) is 65.8 Å². The molecule has 2 aromatic rings. The van der Waals surface area contributed by atoms with E-state index in [4.69, 9.17) is 42.1 Å². The van der Waals surface area contributed by atoms with Crippen molar-refractivity contribution < 1.29 is 28.5 Å². The third-order valence-corrected chi connectivity index (χ3v) is 7.61. The van der Waals surface area contributed by atoms with Crippen molar-refractivity contribution in [3.05, 3.63) is 47.5 Å². The van der Waals surface area contributed by atoms with Crippen LogP contribution in [-0.2, 0) is 25.5 Å². The van der Waals surface area contributed by atoms with E-state index in [-0.39, 0.29) is 25.3 Å². The fraction of sp³-hybridized carbons (Fsp3) is 0.588. The highest BCUT2D eigenvalue weighted by Crippen LogP contribution is 2.37. The molecule has 0 bridgehead atoms. The zero-order chi connectivity index (χ0) is 32.8. The average Bonchev–Trinajstić information content (AvgIpc) is 3.00. The van der Waals surface area contributed by atoms with E-state index in [0.717, 1.165) is 17.5 Å². The van der Waals surface area contributed by atoms with Gasteiger partial charge in [-0.25, -0.2) is 0 Å². The number of rotatable bonds is 19. The number of carbonyl (C=O) groups is 2. The molecule has 0 aliphatic carbocycles. The Morgan fingerprint density at radius 1 is 0.750 bits per heavy atom. The fourth-order valence-corrected chi connectivity index (χ4v) is 4.84. The number of anilines is 2. The maximum Gasteiger partial charge on any atom is 0.249 e. The monoisotopic (exact) mass is 652 g/mol. The van der Waals surface area contributed by atoms with Crippen molar-refractivity contribution in [2.24, 2.45) is 11.8 Å². The van der Waals surface area contributed by atoms with Crippen LogP contribution in [0.4, 0.5) is 11.4 Å². The number of alkyl halides is 2. The van der Waals surface area contributed by atoms with Gasteiger partial charge in [0.15, 0.2) is 0 Å². The Morgan fingerprint density at radius 3 is 1.75 bits per heavy atom. The quantitative estimate of drug-likeness (QED) is 0.0884. The molecule has 2 rings (SSSR count). The van der Waals surface area contributed by atoms with Crippen LogP contribution in [0.1, 0.15) is 66.0 Å². The number of nitrogens with zero attached hydrogens (tertiary/aromatic N) is 2. The van der Waals surface area contributed by atoms with Crippen LogP contribution in [0.3, 0.4) is 0 Å². The van der Waals surface area contributed by atoms with Gasteiger partial charge < -0.3 is 18.9 Å². The summed E-state index contributed by atoms with van der Waals surface area (Å²) in [6.45, 7) is 17.5. The SMILES string of the molecule is CCCOCN(C(=O)C(Cl)C(Cl)C(=O)N(COCC)c1c(CC)cccc1OCC(C)C)c1c(C)cccc1OCC(C)C. The molecule has 2 unspecified atom stereocenters.